The van der Waals surface area contributed by atoms with Crippen LogP contribution in [0.2, 0.25) is 0 Å². The van der Waals surface area contributed by atoms with Crippen molar-refractivity contribution in [3.63, 3.8) is 0 Å². The molecule has 0 saturated carbocycles. The van der Waals surface area contributed by atoms with Crippen LogP contribution in [0.3, 0.4) is 0 Å². The van der Waals surface area contributed by atoms with Crippen LogP contribution >= 0.6 is 0 Å². The van der Waals surface area contributed by atoms with Crippen LogP contribution in [0.1, 0.15) is 42.5 Å². The van der Waals surface area contributed by atoms with Gasteiger partial charge in [-0.15, -0.1) is 0 Å². The number of nitrogens with zero attached hydrogens (tertiary/aromatic N) is 2. The largest absolute Gasteiger partial charge is 0.457 e. The fraction of sp³-hybridized carbons (Fsp3) is 0.400. The quantitative estimate of drug-likeness (QED) is 0.665. The summed E-state index contributed by atoms with van der Waals surface area (Å²) in [5.74, 6) is 1.26. The highest BCUT2D eigenvalue weighted by Crippen LogP contribution is 2.25. The topological polar surface area (TPSA) is 66.9 Å². The SMILES string of the molecule is O=C(c1ccc(Oc2ccccc2)cc1)[C@H]1CCCN(C(=O)CN2CCCCC2=O)C1. The van der Waals surface area contributed by atoms with Crippen molar-refractivity contribution in [1.29, 1.82) is 0 Å². The van der Waals surface area contributed by atoms with Crippen LogP contribution in [0.25, 0.3) is 0 Å². The minimum atomic E-state index is -0.212. The first kappa shape index (κ1) is 21.1. The number of carbonyl (C=O) groups excluding carboxylic acids is 3. The fourth-order valence-electron chi connectivity index (χ4n) is 4.26. The minimum Gasteiger partial charge on any atom is -0.457 e. The van der Waals surface area contributed by atoms with Crippen LogP contribution in [0.5, 0.6) is 11.5 Å². The summed E-state index contributed by atoms with van der Waals surface area (Å²) in [6.07, 6.45) is 3.94. The Labute approximate surface area is 182 Å². The zero-order valence-corrected chi connectivity index (χ0v) is 17.7. The number of ketones is 1. The zero-order valence-electron chi connectivity index (χ0n) is 17.7. The summed E-state index contributed by atoms with van der Waals surface area (Å²) in [6, 6.07) is 16.7. The van der Waals surface area contributed by atoms with Crippen molar-refractivity contribution < 1.29 is 19.1 Å². The van der Waals surface area contributed by atoms with Crippen LogP contribution in [0, 0.1) is 5.92 Å². The van der Waals surface area contributed by atoms with Crippen molar-refractivity contribution in [1.82, 2.24) is 9.80 Å². The van der Waals surface area contributed by atoms with E-state index in [1.165, 1.54) is 0 Å². The molecule has 2 aliphatic rings. The van der Waals surface area contributed by atoms with Crippen molar-refractivity contribution in [2.75, 3.05) is 26.2 Å². The first-order valence-electron chi connectivity index (χ1n) is 11.0. The molecule has 6 heteroatoms. The fourth-order valence-corrected chi connectivity index (χ4v) is 4.26. The van der Waals surface area contributed by atoms with Crippen LogP contribution in [-0.2, 0) is 9.59 Å². The van der Waals surface area contributed by atoms with Crippen LogP contribution < -0.4 is 4.74 Å². The van der Waals surface area contributed by atoms with Crippen molar-refractivity contribution in [2.45, 2.75) is 32.1 Å². The molecule has 0 radical (unpaired) electrons. The van der Waals surface area contributed by atoms with E-state index in [-0.39, 0.29) is 30.1 Å². The lowest BCUT2D eigenvalue weighted by Crippen LogP contribution is -2.48. The summed E-state index contributed by atoms with van der Waals surface area (Å²) in [5.41, 5.74) is 0.630. The molecular weight excluding hydrogens is 392 g/mol. The van der Waals surface area contributed by atoms with Gasteiger partial charge in [-0.1, -0.05) is 18.2 Å². The number of likely N-dealkylation sites (tertiary alicyclic amines) is 2. The van der Waals surface area contributed by atoms with Crippen LogP contribution in [-0.4, -0.2) is 53.6 Å². The van der Waals surface area contributed by atoms with E-state index >= 15 is 0 Å². The van der Waals surface area contributed by atoms with E-state index in [0.717, 1.165) is 31.4 Å². The third-order valence-corrected chi connectivity index (χ3v) is 6.01. The van der Waals surface area contributed by atoms with Gasteiger partial charge in [-0.2, -0.15) is 0 Å². The second-order valence-electron chi connectivity index (χ2n) is 8.26. The van der Waals surface area contributed by atoms with E-state index in [0.29, 0.717) is 37.4 Å². The molecule has 0 bridgehead atoms. The number of hydrogen-bond acceptors (Lipinski definition) is 4. The normalized spacial score (nSPS) is 19.2. The lowest BCUT2D eigenvalue weighted by atomic mass is 9.90. The van der Waals surface area contributed by atoms with Gasteiger partial charge in [0.1, 0.15) is 11.5 Å². The molecule has 2 aromatic carbocycles. The Balaban J connectivity index is 1.34. The first-order valence-corrected chi connectivity index (χ1v) is 11.0. The van der Waals surface area contributed by atoms with E-state index in [9.17, 15) is 14.4 Å². The zero-order chi connectivity index (χ0) is 21.6. The molecule has 2 amide bonds. The smallest absolute Gasteiger partial charge is 0.242 e. The lowest BCUT2D eigenvalue weighted by molar-refractivity contribution is -0.142. The summed E-state index contributed by atoms with van der Waals surface area (Å²) in [7, 11) is 0. The van der Waals surface area contributed by atoms with Crippen LogP contribution in [0.15, 0.2) is 54.6 Å². The van der Waals surface area contributed by atoms with Gasteiger partial charge in [-0.25, -0.2) is 0 Å². The average molecular weight is 421 g/mol. The maximum Gasteiger partial charge on any atom is 0.242 e. The molecular formula is C25H28N2O4. The van der Waals surface area contributed by atoms with Crippen molar-refractivity contribution >= 4 is 17.6 Å². The van der Waals surface area contributed by atoms with E-state index < -0.39 is 0 Å². The standard InChI is InChI=1S/C25H28N2O4/c28-23-10-4-5-15-27(23)18-24(29)26-16-6-7-20(17-26)25(30)19-11-13-22(14-12-19)31-21-8-2-1-3-9-21/h1-3,8-9,11-14,20H,4-7,10,15-18H2/t20-/m0/s1. The molecule has 4 rings (SSSR count). The number of hydrogen-bond donors (Lipinski definition) is 0. The molecule has 31 heavy (non-hydrogen) atoms. The number of ether oxygens (including phenoxy) is 1. The highest BCUT2D eigenvalue weighted by atomic mass is 16.5. The number of benzene rings is 2. The lowest BCUT2D eigenvalue weighted by Gasteiger charge is -2.34. The Morgan fingerprint density at radius 2 is 1.65 bits per heavy atom. The Hall–Kier alpha value is -3.15. The van der Waals surface area contributed by atoms with Gasteiger partial charge in [-0.05, 0) is 62.1 Å². The maximum absolute atomic E-state index is 13.0. The molecule has 6 nitrogen and oxygen atoms in total. The van der Waals surface area contributed by atoms with Crippen molar-refractivity contribution in [3.05, 3.63) is 60.2 Å². The van der Waals surface area contributed by atoms with E-state index in [2.05, 4.69) is 0 Å². The summed E-state index contributed by atoms with van der Waals surface area (Å²) < 4.78 is 5.79. The molecule has 2 aromatic rings. The molecule has 2 aliphatic heterocycles. The molecule has 162 valence electrons. The molecule has 2 saturated heterocycles. The minimum absolute atomic E-state index is 0.0535. The molecule has 2 fully saturated rings. The van der Waals surface area contributed by atoms with Crippen molar-refractivity contribution in [3.8, 4) is 11.5 Å². The Morgan fingerprint density at radius 3 is 2.39 bits per heavy atom. The second-order valence-corrected chi connectivity index (χ2v) is 8.26. The molecule has 1 atom stereocenters. The van der Waals surface area contributed by atoms with Gasteiger partial charge in [0.15, 0.2) is 5.78 Å². The molecule has 0 spiro atoms. The van der Waals surface area contributed by atoms with Gasteiger partial charge in [0.2, 0.25) is 11.8 Å². The highest BCUT2D eigenvalue weighted by molar-refractivity contribution is 5.98. The van der Waals surface area contributed by atoms with Gasteiger partial charge in [0.05, 0.1) is 6.54 Å². The molecule has 2 heterocycles. The number of rotatable bonds is 6. The number of carbonyl (C=O) groups is 3. The van der Waals surface area contributed by atoms with Crippen LogP contribution in [0.4, 0.5) is 0 Å². The number of Topliss-reactive ketones (excluding diaryl/α,β-unsaturated/α-hetero) is 1. The average Bonchev–Trinajstić information content (AvgIpc) is 2.81. The number of amides is 2. The summed E-state index contributed by atoms with van der Waals surface area (Å²) >= 11 is 0. The third kappa shape index (κ3) is 5.32. The van der Waals surface area contributed by atoms with Gasteiger partial charge in [0, 0.05) is 37.5 Å². The third-order valence-electron chi connectivity index (χ3n) is 6.01. The first-order chi connectivity index (χ1) is 15.1. The molecule has 0 N–H and O–H groups in total. The summed E-state index contributed by atoms with van der Waals surface area (Å²) in [4.78, 5) is 41.2. The summed E-state index contributed by atoms with van der Waals surface area (Å²) in [5, 5.41) is 0. The second kappa shape index (κ2) is 9.77. The Kier molecular flexibility index (Phi) is 6.65. The van der Waals surface area contributed by atoms with E-state index in [1.54, 1.807) is 34.1 Å². The molecule has 0 aromatic heterocycles. The molecule has 0 aliphatic carbocycles. The monoisotopic (exact) mass is 420 g/mol. The van der Waals surface area contributed by atoms with Gasteiger partial charge >= 0.3 is 0 Å². The number of piperidine rings is 2. The highest BCUT2D eigenvalue weighted by Gasteiger charge is 2.30. The number of para-hydroxylation sites is 1. The predicted octanol–water partition coefficient (Wildman–Crippen LogP) is 3.91. The Bertz CT molecular complexity index is 926. The van der Waals surface area contributed by atoms with Gasteiger partial charge in [-0.3, -0.25) is 14.4 Å². The van der Waals surface area contributed by atoms with Gasteiger partial charge in [0.25, 0.3) is 0 Å². The molecule has 0 unspecified atom stereocenters. The predicted molar refractivity (Wildman–Crippen MR) is 117 cm³/mol. The van der Waals surface area contributed by atoms with Crippen molar-refractivity contribution in [2.24, 2.45) is 5.92 Å². The van der Waals surface area contributed by atoms with E-state index in [4.69, 9.17) is 4.74 Å². The van der Waals surface area contributed by atoms with E-state index in [1.807, 2.05) is 30.3 Å². The Morgan fingerprint density at radius 1 is 0.903 bits per heavy atom. The maximum atomic E-state index is 13.0. The summed E-state index contributed by atoms with van der Waals surface area (Å²) in [6.45, 7) is 1.85. The van der Waals surface area contributed by atoms with Gasteiger partial charge < -0.3 is 14.5 Å².